The predicted molar refractivity (Wildman–Crippen MR) is 130 cm³/mol. The van der Waals surface area contributed by atoms with Crippen molar-refractivity contribution in [2.75, 3.05) is 19.8 Å². The maximum absolute atomic E-state index is 13.3. The van der Waals surface area contributed by atoms with E-state index in [0.29, 0.717) is 19.2 Å². The molecule has 0 N–H and O–H groups in total. The van der Waals surface area contributed by atoms with Gasteiger partial charge in [-0.2, -0.15) is 0 Å². The second-order valence-corrected chi connectivity index (χ2v) is 9.84. The molecule has 0 bridgehead atoms. The number of carbonyl (C=O) groups is 1. The van der Waals surface area contributed by atoms with E-state index in [2.05, 4.69) is 50.2 Å². The average molecular weight is 442 g/mol. The molecule has 0 spiro atoms. The van der Waals surface area contributed by atoms with Crippen LogP contribution in [0.15, 0.2) is 72.8 Å². The third kappa shape index (κ3) is 5.12. The fraction of sp³-hybridized carbons (Fsp3) is 0.345. The summed E-state index contributed by atoms with van der Waals surface area (Å²) >= 11 is 0. The predicted octanol–water partition coefficient (Wildman–Crippen LogP) is 5.88. The molecule has 0 aromatic heterocycles. The summed E-state index contributed by atoms with van der Waals surface area (Å²) in [5.74, 6) is 0.967. The number of benzene rings is 3. The van der Waals surface area contributed by atoms with Crippen molar-refractivity contribution in [3.8, 4) is 16.9 Å². The van der Waals surface area contributed by atoms with E-state index in [1.165, 1.54) is 11.1 Å². The second kappa shape index (κ2) is 9.03. The number of rotatable bonds is 8. The second-order valence-electron chi connectivity index (χ2n) is 9.84. The lowest BCUT2D eigenvalue weighted by molar-refractivity contribution is -0.120. The van der Waals surface area contributed by atoms with Crippen LogP contribution in [-0.2, 0) is 11.3 Å². The van der Waals surface area contributed by atoms with E-state index in [-0.39, 0.29) is 11.3 Å². The molecule has 2 fully saturated rings. The first-order chi connectivity index (χ1) is 16.0. The molecule has 3 aromatic rings. The van der Waals surface area contributed by atoms with Crippen molar-refractivity contribution in [1.82, 2.24) is 4.90 Å². The van der Waals surface area contributed by atoms with Gasteiger partial charge in [0.2, 0.25) is 0 Å². The summed E-state index contributed by atoms with van der Waals surface area (Å²) in [5.41, 5.74) is 5.53. The zero-order valence-electron chi connectivity index (χ0n) is 19.4. The number of hydrogen-bond acceptors (Lipinski definition) is 3. The van der Waals surface area contributed by atoms with Crippen LogP contribution < -0.4 is 4.74 Å². The number of nitrogens with zero attached hydrogens (tertiary/aromatic N) is 1. The zero-order valence-corrected chi connectivity index (χ0v) is 19.4. The van der Waals surface area contributed by atoms with Crippen molar-refractivity contribution < 1.29 is 14.3 Å². The molecule has 170 valence electrons. The lowest BCUT2D eigenvalue weighted by Gasteiger charge is -2.37. The van der Waals surface area contributed by atoms with Gasteiger partial charge in [0.15, 0.2) is 0 Å². The number of ether oxygens (including phenoxy) is 2. The van der Waals surface area contributed by atoms with Gasteiger partial charge in [-0.25, -0.2) is 0 Å². The van der Waals surface area contributed by atoms with Crippen LogP contribution in [0.2, 0.25) is 0 Å². The monoisotopic (exact) mass is 441 g/mol. The third-order valence-corrected chi connectivity index (χ3v) is 6.53. The lowest BCUT2D eigenvalue weighted by atomic mass is 9.90. The smallest absolute Gasteiger partial charge is 0.254 e. The zero-order chi connectivity index (χ0) is 22.8. The Bertz CT molecular complexity index is 1100. The molecule has 0 atom stereocenters. The van der Waals surface area contributed by atoms with Crippen molar-refractivity contribution in [3.05, 3.63) is 89.5 Å². The Morgan fingerprint density at radius 3 is 2.09 bits per heavy atom. The summed E-state index contributed by atoms with van der Waals surface area (Å²) in [6.45, 7) is 7.07. The molecule has 1 saturated heterocycles. The van der Waals surface area contributed by atoms with Gasteiger partial charge in [-0.1, -0.05) is 61.0 Å². The van der Waals surface area contributed by atoms with Crippen LogP contribution >= 0.6 is 0 Å². The molecule has 33 heavy (non-hydrogen) atoms. The highest BCUT2D eigenvalue weighted by atomic mass is 16.5. The fourth-order valence-corrected chi connectivity index (χ4v) is 4.15. The van der Waals surface area contributed by atoms with Gasteiger partial charge in [0, 0.05) is 23.6 Å². The molecule has 1 aliphatic carbocycles. The lowest BCUT2D eigenvalue weighted by Crippen LogP contribution is -2.44. The molecule has 4 nitrogen and oxygen atoms in total. The maximum atomic E-state index is 13.3. The maximum Gasteiger partial charge on any atom is 0.254 e. The van der Waals surface area contributed by atoms with Gasteiger partial charge in [0.05, 0.1) is 19.8 Å². The Kier molecular flexibility index (Phi) is 5.94. The Hall–Kier alpha value is -3.11. The highest BCUT2D eigenvalue weighted by Crippen LogP contribution is 2.31. The number of carbonyl (C=O) groups excluding carboxylic acids is 1. The summed E-state index contributed by atoms with van der Waals surface area (Å²) in [6, 6.07) is 24.9. The van der Waals surface area contributed by atoms with Crippen molar-refractivity contribution in [3.63, 3.8) is 0 Å². The van der Waals surface area contributed by atoms with Gasteiger partial charge >= 0.3 is 0 Å². The fourth-order valence-electron chi connectivity index (χ4n) is 4.15. The third-order valence-electron chi connectivity index (χ3n) is 6.53. The van der Waals surface area contributed by atoms with Gasteiger partial charge in [-0.05, 0) is 60.7 Å². The minimum absolute atomic E-state index is 0.103. The molecule has 0 unspecified atom stereocenters. The molecule has 5 rings (SSSR count). The van der Waals surface area contributed by atoms with Crippen LogP contribution in [0.4, 0.5) is 0 Å². The van der Waals surface area contributed by atoms with Gasteiger partial charge in [0.25, 0.3) is 5.91 Å². The Morgan fingerprint density at radius 2 is 1.55 bits per heavy atom. The van der Waals surface area contributed by atoms with Gasteiger partial charge < -0.3 is 14.4 Å². The van der Waals surface area contributed by atoms with E-state index in [9.17, 15) is 4.79 Å². The topological polar surface area (TPSA) is 38.8 Å². The summed E-state index contributed by atoms with van der Waals surface area (Å²) in [7, 11) is 0. The van der Waals surface area contributed by atoms with Gasteiger partial charge in [-0.15, -0.1) is 0 Å². The van der Waals surface area contributed by atoms with E-state index in [1.807, 2.05) is 41.3 Å². The van der Waals surface area contributed by atoms with Crippen LogP contribution in [0.1, 0.15) is 41.3 Å². The van der Waals surface area contributed by atoms with E-state index in [0.717, 1.165) is 48.5 Å². The van der Waals surface area contributed by atoms with Crippen molar-refractivity contribution >= 4 is 5.91 Å². The van der Waals surface area contributed by atoms with Crippen molar-refractivity contribution in [2.45, 2.75) is 39.3 Å². The molecule has 4 heteroatoms. The summed E-state index contributed by atoms with van der Waals surface area (Å²) in [6.07, 6.45) is 2.16. The van der Waals surface area contributed by atoms with Crippen LogP contribution in [0.3, 0.4) is 0 Å². The first-order valence-corrected chi connectivity index (χ1v) is 11.8. The number of aryl methyl sites for hydroxylation is 1. The minimum Gasteiger partial charge on any atom is -0.493 e. The number of hydrogen-bond donors (Lipinski definition) is 0. The van der Waals surface area contributed by atoms with E-state index in [4.69, 9.17) is 9.47 Å². The van der Waals surface area contributed by atoms with Crippen LogP contribution in [-0.4, -0.2) is 36.7 Å². The summed E-state index contributed by atoms with van der Waals surface area (Å²) in [5, 5.41) is 0. The largest absolute Gasteiger partial charge is 0.493 e. The standard InChI is InChI=1S/C29H31NO3/c1-21-3-7-23(8-4-21)24-9-11-25(12-10-24)28(31)30(26-13-14-26)17-22-5-15-27(16-6-22)33-20-29(2)18-32-19-29/h3-12,15-16,26H,13-14,17-20H2,1-2H3. The molecule has 0 radical (unpaired) electrons. The Balaban J connectivity index is 1.24. The molecule has 1 amide bonds. The molecule has 1 heterocycles. The molecule has 1 saturated carbocycles. The van der Waals surface area contributed by atoms with Crippen molar-refractivity contribution in [2.24, 2.45) is 5.41 Å². The summed E-state index contributed by atoms with van der Waals surface area (Å²) < 4.78 is 11.2. The highest BCUT2D eigenvalue weighted by molar-refractivity contribution is 5.95. The van der Waals surface area contributed by atoms with E-state index < -0.39 is 0 Å². The van der Waals surface area contributed by atoms with Crippen LogP contribution in [0.25, 0.3) is 11.1 Å². The molecule has 1 aliphatic heterocycles. The van der Waals surface area contributed by atoms with Gasteiger partial charge in [0.1, 0.15) is 5.75 Å². The minimum atomic E-state index is 0.103. The molecular formula is C29H31NO3. The van der Waals surface area contributed by atoms with Gasteiger partial charge in [-0.3, -0.25) is 4.79 Å². The number of amides is 1. The van der Waals surface area contributed by atoms with Crippen LogP contribution in [0.5, 0.6) is 5.75 Å². The van der Waals surface area contributed by atoms with Crippen molar-refractivity contribution in [1.29, 1.82) is 0 Å². The SMILES string of the molecule is Cc1ccc(-c2ccc(C(=O)N(Cc3ccc(OCC4(C)COC4)cc3)C3CC3)cc2)cc1. The first-order valence-electron chi connectivity index (χ1n) is 11.8. The molecular weight excluding hydrogens is 410 g/mol. The Labute approximate surface area is 196 Å². The summed E-state index contributed by atoms with van der Waals surface area (Å²) in [4.78, 5) is 15.3. The Morgan fingerprint density at radius 1 is 0.939 bits per heavy atom. The van der Waals surface area contributed by atoms with E-state index in [1.54, 1.807) is 0 Å². The van der Waals surface area contributed by atoms with Crippen LogP contribution in [0, 0.1) is 12.3 Å². The normalized spacial score (nSPS) is 16.7. The quantitative estimate of drug-likeness (QED) is 0.438. The first kappa shape index (κ1) is 21.7. The van der Waals surface area contributed by atoms with E-state index >= 15 is 0 Å². The average Bonchev–Trinajstić information content (AvgIpc) is 3.66. The molecule has 3 aromatic carbocycles. The highest BCUT2D eigenvalue weighted by Gasteiger charge is 2.34. The molecule has 2 aliphatic rings.